The fourth-order valence-electron chi connectivity index (χ4n) is 1.64. The first-order valence-corrected chi connectivity index (χ1v) is 8.57. The summed E-state index contributed by atoms with van der Waals surface area (Å²) >= 11 is 0. The van der Waals surface area contributed by atoms with E-state index >= 15 is 0 Å². The maximum atomic E-state index is 12.2. The van der Waals surface area contributed by atoms with Gasteiger partial charge in [-0.15, -0.1) is 0 Å². The van der Waals surface area contributed by atoms with Gasteiger partial charge in [-0.1, -0.05) is 20.8 Å². The quantitative estimate of drug-likeness (QED) is 0.872. The molecule has 6 heteroatoms. The van der Waals surface area contributed by atoms with Crippen LogP contribution in [0, 0.1) is 19.3 Å². The van der Waals surface area contributed by atoms with Crippen LogP contribution in [0.3, 0.4) is 0 Å². The van der Waals surface area contributed by atoms with Crippen LogP contribution in [0.4, 0.5) is 0 Å². The summed E-state index contributed by atoms with van der Waals surface area (Å²) in [5, 5.41) is 2.81. The van der Waals surface area contributed by atoms with E-state index in [2.05, 4.69) is 5.32 Å². The van der Waals surface area contributed by atoms with Gasteiger partial charge in [-0.05, 0) is 42.5 Å². The number of halogens is 1. The number of hydrogen-bond donors (Lipinski definition) is 1. The molecule has 4 nitrogen and oxygen atoms in total. The van der Waals surface area contributed by atoms with Gasteiger partial charge < -0.3 is 5.32 Å². The second kappa shape index (κ2) is 5.74. The summed E-state index contributed by atoms with van der Waals surface area (Å²) in [4.78, 5) is 12.1. The highest BCUT2D eigenvalue weighted by Gasteiger charge is 2.19. The van der Waals surface area contributed by atoms with Crippen molar-refractivity contribution < 1.29 is 13.2 Å². The van der Waals surface area contributed by atoms with Crippen LogP contribution >= 0.6 is 10.7 Å². The summed E-state index contributed by atoms with van der Waals surface area (Å²) in [6.07, 6.45) is 0. The van der Waals surface area contributed by atoms with Crippen molar-refractivity contribution in [3.05, 3.63) is 28.8 Å². The van der Waals surface area contributed by atoms with E-state index in [1.807, 2.05) is 20.8 Å². The molecule has 0 atom stereocenters. The minimum absolute atomic E-state index is 0.0468. The molecule has 0 bridgehead atoms. The number of nitrogens with one attached hydrogen (secondary N) is 1. The maximum Gasteiger partial charge on any atom is 0.261 e. The first kappa shape index (κ1) is 17.0. The molecule has 0 spiro atoms. The van der Waals surface area contributed by atoms with Gasteiger partial charge in [0.2, 0.25) is 0 Å². The Morgan fingerprint density at radius 1 is 1.25 bits per heavy atom. The lowest BCUT2D eigenvalue weighted by Crippen LogP contribution is -2.32. The van der Waals surface area contributed by atoms with E-state index in [9.17, 15) is 13.2 Å². The number of hydrogen-bond acceptors (Lipinski definition) is 3. The lowest BCUT2D eigenvalue weighted by molar-refractivity contribution is 0.0938. The molecule has 112 valence electrons. The molecule has 0 heterocycles. The molecule has 0 saturated carbocycles. The largest absolute Gasteiger partial charge is 0.352 e. The third-order valence-corrected chi connectivity index (χ3v) is 4.28. The number of benzene rings is 1. The van der Waals surface area contributed by atoms with Crippen LogP contribution in [0.15, 0.2) is 17.0 Å². The van der Waals surface area contributed by atoms with Gasteiger partial charge >= 0.3 is 0 Å². The standard InChI is InChI=1S/C14H20ClNO3S/c1-9-6-11(20(15,18)19)7-12(10(9)2)13(17)16-8-14(3,4)5/h6-7H,8H2,1-5H3,(H,16,17). The van der Waals surface area contributed by atoms with Gasteiger partial charge in [0.25, 0.3) is 15.0 Å². The molecule has 1 aromatic carbocycles. The zero-order valence-corrected chi connectivity index (χ0v) is 13.9. The average molecular weight is 318 g/mol. The Morgan fingerprint density at radius 3 is 2.25 bits per heavy atom. The van der Waals surface area contributed by atoms with Gasteiger partial charge in [0.05, 0.1) is 4.90 Å². The Bertz CT molecular complexity index is 631. The molecule has 0 aromatic heterocycles. The van der Waals surface area contributed by atoms with Crippen LogP contribution in [0.5, 0.6) is 0 Å². The minimum Gasteiger partial charge on any atom is -0.352 e. The topological polar surface area (TPSA) is 63.2 Å². The SMILES string of the molecule is Cc1cc(S(=O)(=O)Cl)cc(C(=O)NCC(C)(C)C)c1C. The van der Waals surface area contributed by atoms with Crippen molar-refractivity contribution in [3.8, 4) is 0 Å². The molecule has 20 heavy (non-hydrogen) atoms. The molecule has 0 aliphatic rings. The van der Waals surface area contributed by atoms with Crippen LogP contribution in [-0.2, 0) is 9.05 Å². The fraction of sp³-hybridized carbons (Fsp3) is 0.500. The van der Waals surface area contributed by atoms with E-state index in [-0.39, 0.29) is 16.2 Å². The predicted octanol–water partition coefficient (Wildman–Crippen LogP) is 3.01. The van der Waals surface area contributed by atoms with E-state index in [0.717, 1.165) is 5.56 Å². The van der Waals surface area contributed by atoms with Crippen molar-refractivity contribution in [2.75, 3.05) is 6.54 Å². The Labute approximate surface area is 124 Å². The van der Waals surface area contributed by atoms with E-state index < -0.39 is 9.05 Å². The Morgan fingerprint density at radius 2 is 1.80 bits per heavy atom. The van der Waals surface area contributed by atoms with Gasteiger partial charge in [-0.25, -0.2) is 8.42 Å². The van der Waals surface area contributed by atoms with Gasteiger partial charge in [0.1, 0.15) is 0 Å². The van der Waals surface area contributed by atoms with E-state index in [4.69, 9.17) is 10.7 Å². The first-order valence-electron chi connectivity index (χ1n) is 6.26. The lowest BCUT2D eigenvalue weighted by Gasteiger charge is -2.19. The Hall–Kier alpha value is -1.07. The summed E-state index contributed by atoms with van der Waals surface area (Å²) < 4.78 is 22.8. The van der Waals surface area contributed by atoms with Gasteiger partial charge in [0.15, 0.2) is 0 Å². The number of amides is 1. The van der Waals surface area contributed by atoms with Gasteiger partial charge in [-0.2, -0.15) is 0 Å². The molecule has 1 aromatic rings. The highest BCUT2D eigenvalue weighted by Crippen LogP contribution is 2.23. The second-order valence-corrected chi connectivity index (χ2v) is 8.66. The summed E-state index contributed by atoms with van der Waals surface area (Å²) in [7, 11) is 1.50. The molecule has 0 radical (unpaired) electrons. The monoisotopic (exact) mass is 317 g/mol. The van der Waals surface area contributed by atoms with Gasteiger partial charge in [-0.3, -0.25) is 4.79 Å². The molecule has 1 rings (SSSR count). The summed E-state index contributed by atoms with van der Waals surface area (Å²) in [6, 6.07) is 2.79. The number of carbonyl (C=O) groups excluding carboxylic acids is 1. The average Bonchev–Trinajstić information content (AvgIpc) is 2.27. The fourth-order valence-corrected chi connectivity index (χ4v) is 2.49. The number of aryl methyl sites for hydroxylation is 1. The van der Waals surface area contributed by atoms with Crippen molar-refractivity contribution in [1.29, 1.82) is 0 Å². The summed E-state index contributed by atoms with van der Waals surface area (Å²) in [5.74, 6) is -0.289. The Kier molecular flexibility index (Phi) is 4.87. The molecular formula is C14H20ClNO3S. The zero-order chi connectivity index (χ0) is 15.7. The Balaban J connectivity index is 3.18. The van der Waals surface area contributed by atoms with Crippen molar-refractivity contribution in [2.24, 2.45) is 5.41 Å². The normalized spacial score (nSPS) is 12.3. The van der Waals surface area contributed by atoms with Crippen molar-refractivity contribution in [1.82, 2.24) is 5.32 Å². The summed E-state index contributed by atoms with van der Waals surface area (Å²) in [6.45, 7) is 10.1. The van der Waals surface area contributed by atoms with Crippen LogP contribution in [0.2, 0.25) is 0 Å². The summed E-state index contributed by atoms with van der Waals surface area (Å²) in [5.41, 5.74) is 1.76. The molecule has 0 aliphatic heterocycles. The molecular weight excluding hydrogens is 298 g/mol. The van der Waals surface area contributed by atoms with Crippen LogP contribution in [0.25, 0.3) is 0 Å². The second-order valence-electron chi connectivity index (χ2n) is 6.09. The van der Waals surface area contributed by atoms with Crippen LogP contribution in [-0.4, -0.2) is 20.9 Å². The third kappa shape index (κ3) is 4.49. The van der Waals surface area contributed by atoms with E-state index in [1.165, 1.54) is 12.1 Å². The van der Waals surface area contributed by atoms with E-state index in [1.54, 1.807) is 13.8 Å². The number of carbonyl (C=O) groups is 1. The molecule has 1 N–H and O–H groups in total. The van der Waals surface area contributed by atoms with Crippen LogP contribution in [0.1, 0.15) is 42.3 Å². The highest BCUT2D eigenvalue weighted by atomic mass is 35.7. The third-order valence-electron chi connectivity index (χ3n) is 2.95. The smallest absolute Gasteiger partial charge is 0.261 e. The van der Waals surface area contributed by atoms with Crippen LogP contribution < -0.4 is 5.32 Å². The zero-order valence-electron chi connectivity index (χ0n) is 12.4. The first-order chi connectivity index (χ1) is 8.92. The predicted molar refractivity (Wildman–Crippen MR) is 80.7 cm³/mol. The minimum atomic E-state index is -3.85. The molecule has 0 fully saturated rings. The van der Waals surface area contributed by atoms with E-state index in [0.29, 0.717) is 17.7 Å². The van der Waals surface area contributed by atoms with Crippen molar-refractivity contribution >= 4 is 25.6 Å². The molecule has 1 amide bonds. The van der Waals surface area contributed by atoms with Crippen molar-refractivity contribution in [3.63, 3.8) is 0 Å². The molecule has 0 saturated heterocycles. The molecule has 0 unspecified atom stereocenters. The number of rotatable bonds is 3. The van der Waals surface area contributed by atoms with Crippen molar-refractivity contribution in [2.45, 2.75) is 39.5 Å². The lowest BCUT2D eigenvalue weighted by atomic mass is 9.96. The highest BCUT2D eigenvalue weighted by molar-refractivity contribution is 8.13. The van der Waals surface area contributed by atoms with Gasteiger partial charge in [0, 0.05) is 22.8 Å². The molecule has 0 aliphatic carbocycles. The maximum absolute atomic E-state index is 12.2.